The molecule has 1 heterocycles. The van der Waals surface area contributed by atoms with Crippen molar-refractivity contribution in [2.75, 3.05) is 0 Å². The summed E-state index contributed by atoms with van der Waals surface area (Å²) in [6.45, 7) is 3.78. The zero-order valence-electron chi connectivity index (χ0n) is 8.10. The maximum absolute atomic E-state index is 3.99. The highest BCUT2D eigenvalue weighted by Crippen LogP contribution is 2.16. The lowest BCUT2D eigenvalue weighted by Crippen LogP contribution is -1.99. The van der Waals surface area contributed by atoms with E-state index in [0.29, 0.717) is 11.6 Å². The minimum absolute atomic E-state index is 0.578. The van der Waals surface area contributed by atoms with Crippen LogP contribution in [0.5, 0.6) is 0 Å². The number of benzene rings is 1. The standard InChI is InChI=1S/C10H10N4/c1-7-5-3-4-6-9(7)10-13-11-8(2)12-14-10/h3-6H,1-2H3. The van der Waals surface area contributed by atoms with E-state index in [9.17, 15) is 0 Å². The van der Waals surface area contributed by atoms with Crippen molar-refractivity contribution in [3.8, 4) is 11.4 Å². The Morgan fingerprint density at radius 2 is 1.50 bits per heavy atom. The van der Waals surface area contributed by atoms with Crippen LogP contribution in [0, 0.1) is 13.8 Å². The number of hydrogen-bond donors (Lipinski definition) is 0. The average molecular weight is 186 g/mol. The molecule has 4 nitrogen and oxygen atoms in total. The van der Waals surface area contributed by atoms with Gasteiger partial charge in [0.25, 0.3) is 0 Å². The maximum Gasteiger partial charge on any atom is 0.203 e. The van der Waals surface area contributed by atoms with E-state index in [1.165, 1.54) is 0 Å². The van der Waals surface area contributed by atoms with Gasteiger partial charge in [0.15, 0.2) is 5.82 Å². The molecule has 0 saturated carbocycles. The van der Waals surface area contributed by atoms with Crippen molar-refractivity contribution < 1.29 is 0 Å². The summed E-state index contributed by atoms with van der Waals surface area (Å²) >= 11 is 0. The fourth-order valence-electron chi connectivity index (χ4n) is 1.21. The van der Waals surface area contributed by atoms with Gasteiger partial charge in [-0.05, 0) is 19.4 Å². The summed E-state index contributed by atoms with van der Waals surface area (Å²) < 4.78 is 0. The van der Waals surface area contributed by atoms with Gasteiger partial charge in [-0.25, -0.2) is 0 Å². The molecule has 2 rings (SSSR count). The van der Waals surface area contributed by atoms with E-state index in [0.717, 1.165) is 11.1 Å². The van der Waals surface area contributed by atoms with Crippen LogP contribution in [0.4, 0.5) is 0 Å². The predicted octanol–water partition coefficient (Wildman–Crippen LogP) is 1.55. The number of aryl methyl sites for hydroxylation is 2. The quantitative estimate of drug-likeness (QED) is 0.678. The molecule has 0 bridgehead atoms. The molecule has 0 aliphatic carbocycles. The first kappa shape index (κ1) is 8.74. The first-order chi connectivity index (χ1) is 6.77. The molecule has 4 heteroatoms. The van der Waals surface area contributed by atoms with Gasteiger partial charge in [0.1, 0.15) is 0 Å². The van der Waals surface area contributed by atoms with Gasteiger partial charge < -0.3 is 0 Å². The fraction of sp³-hybridized carbons (Fsp3) is 0.200. The second-order valence-electron chi connectivity index (χ2n) is 3.09. The van der Waals surface area contributed by atoms with Crippen LogP contribution in [0.15, 0.2) is 24.3 Å². The molecular formula is C10H10N4. The summed E-state index contributed by atoms with van der Waals surface area (Å²) in [5.41, 5.74) is 2.10. The van der Waals surface area contributed by atoms with Crippen molar-refractivity contribution >= 4 is 0 Å². The van der Waals surface area contributed by atoms with Gasteiger partial charge in [-0.3, -0.25) is 0 Å². The van der Waals surface area contributed by atoms with Crippen LogP contribution in [-0.4, -0.2) is 20.4 Å². The van der Waals surface area contributed by atoms with Crippen LogP contribution < -0.4 is 0 Å². The first-order valence-electron chi connectivity index (χ1n) is 4.37. The van der Waals surface area contributed by atoms with Gasteiger partial charge in [-0.15, -0.1) is 20.4 Å². The molecule has 70 valence electrons. The van der Waals surface area contributed by atoms with Gasteiger partial charge >= 0.3 is 0 Å². The normalized spacial score (nSPS) is 10.1. The number of rotatable bonds is 1. The van der Waals surface area contributed by atoms with E-state index in [1.54, 1.807) is 6.92 Å². The zero-order valence-corrected chi connectivity index (χ0v) is 8.10. The molecule has 0 fully saturated rings. The Morgan fingerprint density at radius 3 is 2.14 bits per heavy atom. The number of aromatic nitrogens is 4. The molecule has 0 spiro atoms. The topological polar surface area (TPSA) is 51.6 Å². The molecule has 2 aromatic rings. The SMILES string of the molecule is Cc1nnc(-c2ccccc2C)nn1. The maximum atomic E-state index is 3.99. The summed E-state index contributed by atoms with van der Waals surface area (Å²) in [7, 11) is 0. The Hall–Kier alpha value is -1.84. The van der Waals surface area contributed by atoms with Crippen LogP contribution in [0.1, 0.15) is 11.4 Å². The second-order valence-corrected chi connectivity index (χ2v) is 3.09. The largest absolute Gasteiger partial charge is 0.203 e. The third-order valence-corrected chi connectivity index (χ3v) is 1.96. The highest BCUT2D eigenvalue weighted by Gasteiger charge is 2.04. The molecular weight excluding hydrogens is 176 g/mol. The summed E-state index contributed by atoms with van der Waals surface area (Å²) in [5.74, 6) is 1.16. The molecule has 0 unspecified atom stereocenters. The molecule has 0 atom stereocenters. The number of hydrogen-bond acceptors (Lipinski definition) is 4. The molecule has 0 saturated heterocycles. The van der Waals surface area contributed by atoms with E-state index in [2.05, 4.69) is 20.4 Å². The Bertz CT molecular complexity index is 436. The van der Waals surface area contributed by atoms with E-state index < -0.39 is 0 Å². The summed E-state index contributed by atoms with van der Waals surface area (Å²) in [4.78, 5) is 0. The van der Waals surface area contributed by atoms with E-state index >= 15 is 0 Å². The Labute approximate surface area is 82.0 Å². The Balaban J connectivity index is 2.50. The van der Waals surface area contributed by atoms with E-state index in [1.807, 2.05) is 31.2 Å². The summed E-state index contributed by atoms with van der Waals surface area (Å²) in [6, 6.07) is 7.90. The van der Waals surface area contributed by atoms with Gasteiger partial charge in [-0.1, -0.05) is 24.3 Å². The number of nitrogens with zero attached hydrogens (tertiary/aromatic N) is 4. The van der Waals surface area contributed by atoms with Gasteiger partial charge in [-0.2, -0.15) is 0 Å². The van der Waals surface area contributed by atoms with Crippen molar-refractivity contribution in [1.82, 2.24) is 20.4 Å². The molecule has 0 amide bonds. The summed E-state index contributed by atoms with van der Waals surface area (Å²) in [5, 5.41) is 15.7. The van der Waals surface area contributed by atoms with Crippen molar-refractivity contribution in [3.05, 3.63) is 35.7 Å². The molecule has 14 heavy (non-hydrogen) atoms. The van der Waals surface area contributed by atoms with Crippen molar-refractivity contribution in [2.45, 2.75) is 13.8 Å². The molecule has 1 aromatic heterocycles. The molecule has 0 radical (unpaired) electrons. The lowest BCUT2D eigenvalue weighted by Gasteiger charge is -2.01. The fourth-order valence-corrected chi connectivity index (χ4v) is 1.21. The van der Waals surface area contributed by atoms with E-state index in [-0.39, 0.29) is 0 Å². The minimum atomic E-state index is 0.578. The van der Waals surface area contributed by atoms with Crippen molar-refractivity contribution in [2.24, 2.45) is 0 Å². The Morgan fingerprint density at radius 1 is 0.857 bits per heavy atom. The minimum Gasteiger partial charge on any atom is -0.131 e. The highest BCUT2D eigenvalue weighted by atomic mass is 15.3. The van der Waals surface area contributed by atoms with E-state index in [4.69, 9.17) is 0 Å². The predicted molar refractivity (Wildman–Crippen MR) is 52.5 cm³/mol. The lowest BCUT2D eigenvalue weighted by molar-refractivity contribution is 0.815. The first-order valence-corrected chi connectivity index (χ1v) is 4.37. The zero-order chi connectivity index (χ0) is 9.97. The van der Waals surface area contributed by atoms with Crippen LogP contribution in [-0.2, 0) is 0 Å². The van der Waals surface area contributed by atoms with Crippen LogP contribution >= 0.6 is 0 Å². The van der Waals surface area contributed by atoms with Gasteiger partial charge in [0.2, 0.25) is 5.82 Å². The third kappa shape index (κ3) is 1.59. The third-order valence-electron chi connectivity index (χ3n) is 1.96. The van der Waals surface area contributed by atoms with Crippen LogP contribution in [0.3, 0.4) is 0 Å². The second kappa shape index (κ2) is 3.49. The smallest absolute Gasteiger partial charge is 0.131 e. The van der Waals surface area contributed by atoms with Crippen LogP contribution in [0.2, 0.25) is 0 Å². The molecule has 0 N–H and O–H groups in total. The van der Waals surface area contributed by atoms with Gasteiger partial charge in [0.05, 0.1) is 0 Å². The Kier molecular flexibility index (Phi) is 2.18. The highest BCUT2D eigenvalue weighted by molar-refractivity contribution is 5.58. The lowest BCUT2D eigenvalue weighted by atomic mass is 10.1. The van der Waals surface area contributed by atoms with Crippen molar-refractivity contribution in [1.29, 1.82) is 0 Å². The monoisotopic (exact) mass is 186 g/mol. The van der Waals surface area contributed by atoms with Crippen LogP contribution in [0.25, 0.3) is 11.4 Å². The summed E-state index contributed by atoms with van der Waals surface area (Å²) in [6.07, 6.45) is 0. The van der Waals surface area contributed by atoms with Crippen molar-refractivity contribution in [3.63, 3.8) is 0 Å². The molecule has 0 aliphatic heterocycles. The average Bonchev–Trinajstić information content (AvgIpc) is 2.20. The molecule has 1 aromatic carbocycles. The molecule has 0 aliphatic rings. The van der Waals surface area contributed by atoms with Gasteiger partial charge in [0, 0.05) is 5.56 Å².